The molecule has 0 spiro atoms. The number of amides is 1. The second-order valence-electron chi connectivity index (χ2n) is 7.97. The molecule has 2 atom stereocenters. The number of hydrogen-bond acceptors (Lipinski definition) is 5. The van der Waals surface area contributed by atoms with Crippen molar-refractivity contribution >= 4 is 11.6 Å². The van der Waals surface area contributed by atoms with Crippen LogP contribution in [0.2, 0.25) is 0 Å². The Morgan fingerprint density at radius 2 is 2.09 bits per heavy atom. The van der Waals surface area contributed by atoms with Gasteiger partial charge in [0.15, 0.2) is 6.17 Å². The monoisotopic (exact) mass is 439 g/mol. The number of nitrogens with one attached hydrogen (secondary N) is 1. The number of rotatable bonds is 3. The summed E-state index contributed by atoms with van der Waals surface area (Å²) < 4.78 is 40.7. The smallest absolute Gasteiger partial charge is 0.362 e. The summed E-state index contributed by atoms with van der Waals surface area (Å²) in [6.45, 7) is 2.31. The van der Waals surface area contributed by atoms with Crippen LogP contribution in [0.4, 0.5) is 18.9 Å². The first-order valence-electron chi connectivity index (χ1n) is 10.4. The van der Waals surface area contributed by atoms with E-state index in [-0.39, 0.29) is 5.91 Å². The Hall–Kier alpha value is -3.49. The highest BCUT2D eigenvalue weighted by Gasteiger charge is 2.53. The van der Waals surface area contributed by atoms with E-state index < -0.39 is 23.3 Å². The Bertz CT molecular complexity index is 1170. The van der Waals surface area contributed by atoms with Gasteiger partial charge in [0.2, 0.25) is 0 Å². The zero-order valence-electron chi connectivity index (χ0n) is 17.2. The Labute approximate surface area is 182 Å². The molecule has 0 fully saturated rings. The van der Waals surface area contributed by atoms with E-state index in [1.807, 2.05) is 6.92 Å². The predicted octanol–water partition coefficient (Wildman–Crippen LogP) is 4.72. The third-order valence-corrected chi connectivity index (χ3v) is 6.42. The highest BCUT2D eigenvalue weighted by atomic mass is 19.4. The lowest BCUT2D eigenvalue weighted by molar-refractivity contribution is -0.137. The fourth-order valence-corrected chi connectivity index (χ4v) is 4.97. The second kappa shape index (κ2) is 7.29. The van der Waals surface area contributed by atoms with E-state index in [9.17, 15) is 18.0 Å². The van der Waals surface area contributed by atoms with E-state index in [0.717, 1.165) is 12.1 Å². The van der Waals surface area contributed by atoms with Crippen LogP contribution >= 0.6 is 0 Å². The number of nitrogens with zero attached hydrogens (tertiary/aromatic N) is 4. The second-order valence-corrected chi connectivity index (χ2v) is 7.97. The molecule has 0 bridgehead atoms. The first kappa shape index (κ1) is 20.4. The van der Waals surface area contributed by atoms with Crippen molar-refractivity contribution in [1.82, 2.24) is 10.3 Å². The summed E-state index contributed by atoms with van der Waals surface area (Å²) in [5, 5.41) is 11.6. The lowest BCUT2D eigenvalue weighted by Crippen LogP contribution is -2.54. The lowest BCUT2D eigenvalue weighted by atomic mass is 9.62. The van der Waals surface area contributed by atoms with Crippen LogP contribution < -0.4 is 10.2 Å². The Balaban J connectivity index is 1.72. The van der Waals surface area contributed by atoms with Gasteiger partial charge in [-0.1, -0.05) is 25.1 Å². The minimum Gasteiger partial charge on any atom is -0.362 e. The van der Waals surface area contributed by atoms with Crippen LogP contribution in [0, 0.1) is 0 Å². The Morgan fingerprint density at radius 3 is 2.81 bits per heavy atom. The van der Waals surface area contributed by atoms with E-state index in [4.69, 9.17) is 0 Å². The third-order valence-electron chi connectivity index (χ3n) is 6.42. The largest absolute Gasteiger partial charge is 0.416 e. The van der Waals surface area contributed by atoms with Gasteiger partial charge in [0.25, 0.3) is 5.91 Å². The number of hydrogen-bond donors (Lipinski definition) is 1. The lowest BCUT2D eigenvalue weighted by Gasteiger charge is -2.47. The van der Waals surface area contributed by atoms with Crippen LogP contribution in [-0.2, 0) is 16.4 Å². The van der Waals surface area contributed by atoms with Gasteiger partial charge in [0.1, 0.15) is 0 Å². The molecule has 1 unspecified atom stereocenters. The van der Waals surface area contributed by atoms with Crippen molar-refractivity contribution in [1.29, 1.82) is 0 Å². The number of benzene rings is 1. The first-order chi connectivity index (χ1) is 15.4. The minimum absolute atomic E-state index is 0.253. The van der Waals surface area contributed by atoms with Crippen LogP contribution in [0.5, 0.6) is 0 Å². The van der Waals surface area contributed by atoms with Gasteiger partial charge >= 0.3 is 6.18 Å². The SMILES string of the molecule is CC[C@]1(c2cccc(C(F)(F)F)c2)C2=CN=NC2NC2=C1C(=O)N(c1cccnc1)CC2. The summed E-state index contributed by atoms with van der Waals surface area (Å²) in [5.74, 6) is -0.253. The topological polar surface area (TPSA) is 70.0 Å². The van der Waals surface area contributed by atoms with Crippen molar-refractivity contribution < 1.29 is 18.0 Å². The number of aromatic nitrogens is 1. The average Bonchev–Trinajstić information content (AvgIpc) is 3.27. The van der Waals surface area contributed by atoms with Crippen molar-refractivity contribution in [3.05, 3.63) is 83.0 Å². The fourth-order valence-electron chi connectivity index (χ4n) is 4.97. The molecule has 1 N–H and O–H groups in total. The summed E-state index contributed by atoms with van der Waals surface area (Å²) >= 11 is 0. The highest BCUT2D eigenvalue weighted by Crippen LogP contribution is 2.51. The summed E-state index contributed by atoms with van der Waals surface area (Å²) in [6.07, 6.45) is 0.722. The maximum absolute atomic E-state index is 13.9. The number of pyridine rings is 1. The van der Waals surface area contributed by atoms with E-state index in [2.05, 4.69) is 20.5 Å². The van der Waals surface area contributed by atoms with Crippen molar-refractivity contribution in [2.24, 2.45) is 10.2 Å². The average molecular weight is 439 g/mol. The maximum Gasteiger partial charge on any atom is 0.416 e. The molecule has 0 aliphatic carbocycles. The molecule has 5 rings (SSSR count). The number of alkyl halides is 3. The zero-order valence-corrected chi connectivity index (χ0v) is 17.2. The molecule has 2 aromatic rings. The van der Waals surface area contributed by atoms with Crippen molar-refractivity contribution in [3.63, 3.8) is 0 Å². The standard InChI is InChI=1S/C23H20F3N5O/c1-2-22(14-5-3-6-15(11-14)23(24,25)26)17-13-28-30-20(17)29-18-8-10-31(21(32)19(18)22)16-7-4-9-27-12-16/h3-7,9,11-13,20,29H,2,8,10H2,1H3/t20?,22-/m0/s1. The molecule has 0 saturated carbocycles. The zero-order chi connectivity index (χ0) is 22.5. The number of carbonyl (C=O) groups is 1. The van der Waals surface area contributed by atoms with E-state index in [1.54, 1.807) is 41.7 Å². The minimum atomic E-state index is -4.49. The maximum atomic E-state index is 13.9. The molecule has 164 valence electrons. The van der Waals surface area contributed by atoms with Crippen LogP contribution in [0.3, 0.4) is 0 Å². The number of carbonyl (C=O) groups excluding carboxylic acids is 1. The van der Waals surface area contributed by atoms with Gasteiger partial charge in [-0.05, 0) is 30.2 Å². The van der Waals surface area contributed by atoms with Gasteiger partial charge in [-0.2, -0.15) is 23.4 Å². The molecular weight excluding hydrogens is 419 g/mol. The number of halogens is 3. The molecule has 0 radical (unpaired) electrons. The van der Waals surface area contributed by atoms with Crippen molar-refractivity contribution in [2.75, 3.05) is 11.4 Å². The molecule has 4 heterocycles. The van der Waals surface area contributed by atoms with Crippen LogP contribution in [0.25, 0.3) is 0 Å². The van der Waals surface area contributed by atoms with Crippen LogP contribution in [0.15, 0.2) is 82.1 Å². The molecule has 0 saturated heterocycles. The van der Waals surface area contributed by atoms with Crippen LogP contribution in [0.1, 0.15) is 30.9 Å². The number of azo groups is 1. The Morgan fingerprint density at radius 1 is 1.25 bits per heavy atom. The van der Waals surface area contributed by atoms with E-state index in [1.165, 1.54) is 6.07 Å². The number of anilines is 1. The molecular formula is C23H20F3N5O. The van der Waals surface area contributed by atoms with Gasteiger partial charge in [-0.15, -0.1) is 0 Å². The molecule has 3 aliphatic rings. The van der Waals surface area contributed by atoms with Gasteiger partial charge < -0.3 is 10.2 Å². The molecule has 6 nitrogen and oxygen atoms in total. The quantitative estimate of drug-likeness (QED) is 0.753. The van der Waals surface area contributed by atoms with Crippen LogP contribution in [-0.4, -0.2) is 23.6 Å². The predicted molar refractivity (Wildman–Crippen MR) is 112 cm³/mol. The van der Waals surface area contributed by atoms with E-state index in [0.29, 0.717) is 47.5 Å². The van der Waals surface area contributed by atoms with Gasteiger partial charge in [-0.3, -0.25) is 9.78 Å². The molecule has 9 heteroatoms. The summed E-state index contributed by atoms with van der Waals surface area (Å²) in [4.78, 5) is 19.6. The molecule has 1 amide bonds. The summed E-state index contributed by atoms with van der Waals surface area (Å²) in [5.41, 5.74) is 1.07. The molecule has 1 aromatic heterocycles. The number of fused-ring (bicyclic) bond motifs is 1. The Kier molecular flexibility index (Phi) is 4.65. The molecule has 32 heavy (non-hydrogen) atoms. The van der Waals surface area contributed by atoms with Gasteiger partial charge in [-0.25, -0.2) is 0 Å². The molecule has 3 aliphatic heterocycles. The van der Waals surface area contributed by atoms with Gasteiger partial charge in [0, 0.05) is 30.4 Å². The summed E-state index contributed by atoms with van der Waals surface area (Å²) in [6, 6.07) is 8.78. The highest BCUT2D eigenvalue weighted by molar-refractivity contribution is 6.09. The van der Waals surface area contributed by atoms with E-state index >= 15 is 0 Å². The fraction of sp³-hybridized carbons (Fsp3) is 0.304. The van der Waals surface area contributed by atoms with Crippen molar-refractivity contribution in [2.45, 2.75) is 37.5 Å². The van der Waals surface area contributed by atoms with Gasteiger partial charge in [0.05, 0.1) is 34.6 Å². The normalized spacial score (nSPS) is 24.8. The van der Waals surface area contributed by atoms with Crippen molar-refractivity contribution in [3.8, 4) is 0 Å². The summed E-state index contributed by atoms with van der Waals surface area (Å²) in [7, 11) is 0. The first-order valence-corrected chi connectivity index (χ1v) is 10.4. The molecule has 1 aromatic carbocycles. The third kappa shape index (κ3) is 2.95.